The SMILES string of the molecule is CC(C)N1CCC(Cc2cc(N3C(=O)OC[C@H]3C)ncn2)CC1. The van der Waals surface area contributed by atoms with Crippen LogP contribution in [0.3, 0.4) is 0 Å². The lowest BCUT2D eigenvalue weighted by Gasteiger charge is -2.34. The van der Waals surface area contributed by atoms with E-state index in [4.69, 9.17) is 4.74 Å². The maximum Gasteiger partial charge on any atom is 0.415 e. The molecule has 126 valence electrons. The van der Waals surface area contributed by atoms with Crippen molar-refractivity contribution in [2.45, 2.75) is 52.1 Å². The summed E-state index contributed by atoms with van der Waals surface area (Å²) in [6, 6.07) is 2.60. The van der Waals surface area contributed by atoms with Gasteiger partial charge in [-0.05, 0) is 59.0 Å². The number of hydrogen-bond donors (Lipinski definition) is 0. The lowest BCUT2D eigenvalue weighted by Crippen LogP contribution is -2.38. The molecule has 2 fully saturated rings. The Hall–Kier alpha value is -1.69. The molecule has 0 aliphatic carbocycles. The Morgan fingerprint density at radius 3 is 2.65 bits per heavy atom. The zero-order valence-corrected chi connectivity index (χ0v) is 14.2. The Bertz CT molecular complexity index is 555. The number of anilines is 1. The third-order valence-electron chi connectivity index (χ3n) is 4.92. The summed E-state index contributed by atoms with van der Waals surface area (Å²) in [7, 11) is 0. The van der Waals surface area contributed by atoms with Gasteiger partial charge in [0.15, 0.2) is 0 Å². The van der Waals surface area contributed by atoms with Gasteiger partial charge in [-0.1, -0.05) is 0 Å². The molecule has 1 atom stereocenters. The summed E-state index contributed by atoms with van der Waals surface area (Å²) >= 11 is 0. The monoisotopic (exact) mass is 318 g/mol. The Morgan fingerprint density at radius 2 is 2.04 bits per heavy atom. The number of cyclic esters (lactones) is 1. The fourth-order valence-corrected chi connectivity index (χ4v) is 3.43. The molecule has 0 spiro atoms. The minimum atomic E-state index is -0.313. The van der Waals surface area contributed by atoms with Gasteiger partial charge in [0.1, 0.15) is 18.8 Å². The number of hydrogen-bond acceptors (Lipinski definition) is 5. The smallest absolute Gasteiger partial charge is 0.415 e. The summed E-state index contributed by atoms with van der Waals surface area (Å²) in [5.74, 6) is 1.32. The fraction of sp³-hybridized carbons (Fsp3) is 0.706. The number of amides is 1. The molecule has 0 N–H and O–H groups in total. The number of carbonyl (C=O) groups excluding carboxylic acids is 1. The van der Waals surface area contributed by atoms with Crippen molar-refractivity contribution in [3.63, 3.8) is 0 Å². The van der Waals surface area contributed by atoms with Gasteiger partial charge in [0.25, 0.3) is 0 Å². The Labute approximate surface area is 137 Å². The summed E-state index contributed by atoms with van der Waals surface area (Å²) in [5, 5.41) is 0. The first-order valence-corrected chi connectivity index (χ1v) is 8.55. The van der Waals surface area contributed by atoms with E-state index in [1.165, 1.54) is 12.8 Å². The Balaban J connectivity index is 1.63. The van der Waals surface area contributed by atoms with Crippen molar-refractivity contribution >= 4 is 11.9 Å². The molecule has 0 radical (unpaired) electrons. The van der Waals surface area contributed by atoms with Gasteiger partial charge in [-0.2, -0.15) is 0 Å². The van der Waals surface area contributed by atoms with Crippen LogP contribution in [0.25, 0.3) is 0 Å². The van der Waals surface area contributed by atoms with E-state index < -0.39 is 0 Å². The standard InChI is InChI=1S/C17H26N4O2/c1-12(2)20-6-4-14(5-7-20)8-15-9-16(19-11-18-15)21-13(3)10-23-17(21)22/h9,11-14H,4-8,10H2,1-3H3/t13-/m1/s1. The molecular formula is C17H26N4O2. The van der Waals surface area contributed by atoms with Crippen LogP contribution in [-0.4, -0.2) is 52.7 Å². The minimum Gasteiger partial charge on any atom is -0.447 e. The molecule has 0 unspecified atom stereocenters. The van der Waals surface area contributed by atoms with Crippen molar-refractivity contribution in [2.24, 2.45) is 5.92 Å². The van der Waals surface area contributed by atoms with Crippen molar-refractivity contribution in [3.05, 3.63) is 18.1 Å². The van der Waals surface area contributed by atoms with Gasteiger partial charge in [-0.3, -0.25) is 4.90 Å². The highest BCUT2D eigenvalue weighted by molar-refractivity contribution is 5.88. The summed E-state index contributed by atoms with van der Waals surface area (Å²) < 4.78 is 5.08. The van der Waals surface area contributed by atoms with Crippen LogP contribution in [0.15, 0.2) is 12.4 Å². The zero-order valence-electron chi connectivity index (χ0n) is 14.2. The first-order valence-electron chi connectivity index (χ1n) is 8.55. The highest BCUT2D eigenvalue weighted by atomic mass is 16.6. The Morgan fingerprint density at radius 1 is 1.30 bits per heavy atom. The second-order valence-electron chi connectivity index (χ2n) is 6.94. The molecule has 2 aliphatic rings. The highest BCUT2D eigenvalue weighted by Gasteiger charge is 2.32. The van der Waals surface area contributed by atoms with Crippen molar-refractivity contribution in [3.8, 4) is 0 Å². The molecule has 0 saturated carbocycles. The maximum absolute atomic E-state index is 11.8. The number of nitrogens with zero attached hydrogens (tertiary/aromatic N) is 4. The van der Waals surface area contributed by atoms with Gasteiger partial charge in [0, 0.05) is 17.8 Å². The molecule has 0 bridgehead atoms. The molecule has 0 aromatic carbocycles. The second kappa shape index (κ2) is 6.83. The molecule has 6 nitrogen and oxygen atoms in total. The average molecular weight is 318 g/mol. The molecule has 1 aromatic rings. The van der Waals surface area contributed by atoms with Crippen molar-refractivity contribution < 1.29 is 9.53 Å². The van der Waals surface area contributed by atoms with E-state index in [0.29, 0.717) is 24.4 Å². The molecule has 1 amide bonds. The molecule has 3 rings (SSSR count). The summed E-state index contributed by atoms with van der Waals surface area (Å²) in [5.41, 5.74) is 1.02. The lowest BCUT2D eigenvalue weighted by atomic mass is 9.91. The molecule has 2 saturated heterocycles. The van der Waals surface area contributed by atoms with Crippen LogP contribution in [0.5, 0.6) is 0 Å². The van der Waals surface area contributed by atoms with Gasteiger partial charge >= 0.3 is 6.09 Å². The van der Waals surface area contributed by atoms with Crippen LogP contribution in [0.1, 0.15) is 39.3 Å². The zero-order chi connectivity index (χ0) is 16.4. The van der Waals surface area contributed by atoms with Crippen LogP contribution in [0.4, 0.5) is 10.6 Å². The van der Waals surface area contributed by atoms with E-state index in [-0.39, 0.29) is 12.1 Å². The normalized spacial score (nSPS) is 23.6. The predicted octanol–water partition coefficient (Wildman–Crippen LogP) is 2.48. The first-order chi connectivity index (χ1) is 11.0. The Kier molecular flexibility index (Phi) is 4.80. The number of carbonyl (C=O) groups is 1. The molecule has 1 aromatic heterocycles. The lowest BCUT2D eigenvalue weighted by molar-refractivity contribution is 0.149. The van der Waals surface area contributed by atoms with E-state index >= 15 is 0 Å². The number of aromatic nitrogens is 2. The second-order valence-corrected chi connectivity index (χ2v) is 6.94. The number of likely N-dealkylation sites (tertiary alicyclic amines) is 1. The number of piperidine rings is 1. The van der Waals surface area contributed by atoms with E-state index in [1.807, 2.05) is 13.0 Å². The van der Waals surface area contributed by atoms with Crippen LogP contribution in [-0.2, 0) is 11.2 Å². The van der Waals surface area contributed by atoms with E-state index in [1.54, 1.807) is 11.2 Å². The topological polar surface area (TPSA) is 58.6 Å². The van der Waals surface area contributed by atoms with Crippen LogP contribution in [0, 0.1) is 5.92 Å². The van der Waals surface area contributed by atoms with E-state index in [0.717, 1.165) is 25.2 Å². The van der Waals surface area contributed by atoms with Crippen LogP contribution >= 0.6 is 0 Å². The molecular weight excluding hydrogens is 292 g/mol. The molecule has 2 aliphatic heterocycles. The summed E-state index contributed by atoms with van der Waals surface area (Å²) in [4.78, 5) is 24.6. The van der Waals surface area contributed by atoms with Crippen molar-refractivity contribution in [1.29, 1.82) is 0 Å². The quantitative estimate of drug-likeness (QED) is 0.853. The summed E-state index contributed by atoms with van der Waals surface area (Å²) in [6.07, 6.45) is 4.62. The van der Waals surface area contributed by atoms with Crippen molar-refractivity contribution in [2.75, 3.05) is 24.6 Å². The van der Waals surface area contributed by atoms with Crippen LogP contribution in [0.2, 0.25) is 0 Å². The third-order valence-corrected chi connectivity index (χ3v) is 4.92. The largest absolute Gasteiger partial charge is 0.447 e. The number of ether oxygens (including phenoxy) is 1. The number of rotatable bonds is 4. The summed E-state index contributed by atoms with van der Waals surface area (Å²) in [6.45, 7) is 9.23. The minimum absolute atomic E-state index is 0.0273. The van der Waals surface area contributed by atoms with E-state index in [9.17, 15) is 4.79 Å². The van der Waals surface area contributed by atoms with Gasteiger partial charge < -0.3 is 9.64 Å². The van der Waals surface area contributed by atoms with Gasteiger partial charge in [-0.15, -0.1) is 0 Å². The van der Waals surface area contributed by atoms with E-state index in [2.05, 4.69) is 28.7 Å². The highest BCUT2D eigenvalue weighted by Crippen LogP contribution is 2.25. The molecule has 23 heavy (non-hydrogen) atoms. The first kappa shape index (κ1) is 16.2. The van der Waals surface area contributed by atoms with Gasteiger partial charge in [-0.25, -0.2) is 14.8 Å². The molecule has 3 heterocycles. The average Bonchev–Trinajstić information content (AvgIpc) is 2.87. The third kappa shape index (κ3) is 3.63. The predicted molar refractivity (Wildman–Crippen MR) is 88.5 cm³/mol. The molecule has 6 heteroatoms. The fourth-order valence-electron chi connectivity index (χ4n) is 3.43. The van der Waals surface area contributed by atoms with Crippen LogP contribution < -0.4 is 4.90 Å². The van der Waals surface area contributed by atoms with Crippen molar-refractivity contribution in [1.82, 2.24) is 14.9 Å². The maximum atomic E-state index is 11.8. The van der Waals surface area contributed by atoms with Gasteiger partial charge in [0.05, 0.1) is 6.04 Å². The van der Waals surface area contributed by atoms with Gasteiger partial charge in [0.2, 0.25) is 0 Å².